The Morgan fingerprint density at radius 2 is 2.05 bits per heavy atom. The molecule has 0 atom stereocenters. The van der Waals surface area contributed by atoms with Crippen molar-refractivity contribution in [3.05, 3.63) is 17.5 Å². The van der Waals surface area contributed by atoms with E-state index in [-0.39, 0.29) is 17.7 Å². The van der Waals surface area contributed by atoms with Crippen LogP contribution in [0.15, 0.2) is 6.07 Å². The zero-order valence-electron chi connectivity index (χ0n) is 13.5. The van der Waals surface area contributed by atoms with Crippen molar-refractivity contribution in [3.63, 3.8) is 0 Å². The fourth-order valence-electron chi connectivity index (χ4n) is 2.77. The van der Waals surface area contributed by atoms with Crippen LogP contribution in [0.2, 0.25) is 0 Å². The average Bonchev–Trinajstić information content (AvgIpc) is 3.01. The molecule has 2 rings (SSSR count). The molecule has 1 aromatic rings. The molecule has 0 bridgehead atoms. The molecule has 2 N–H and O–H groups in total. The summed E-state index contributed by atoms with van der Waals surface area (Å²) < 4.78 is 0. The molecule has 6 nitrogen and oxygen atoms in total. The van der Waals surface area contributed by atoms with Gasteiger partial charge in [-0.05, 0) is 31.7 Å². The molecule has 1 saturated heterocycles. The summed E-state index contributed by atoms with van der Waals surface area (Å²) in [5.74, 6) is 0.121. The summed E-state index contributed by atoms with van der Waals surface area (Å²) in [7, 11) is 0. The molecule has 0 radical (unpaired) electrons. The minimum Gasteiger partial charge on any atom is -0.356 e. The van der Waals surface area contributed by atoms with Crippen LogP contribution in [0.25, 0.3) is 0 Å². The quantitative estimate of drug-likeness (QED) is 0.840. The van der Waals surface area contributed by atoms with Crippen molar-refractivity contribution < 1.29 is 9.59 Å². The van der Waals surface area contributed by atoms with E-state index in [2.05, 4.69) is 22.4 Å². The number of hydrogen-bond acceptors (Lipinski definition) is 3. The Morgan fingerprint density at radius 3 is 2.68 bits per heavy atom. The molecule has 6 heteroatoms. The Balaban J connectivity index is 1.85. The van der Waals surface area contributed by atoms with Gasteiger partial charge in [-0.3, -0.25) is 14.7 Å². The highest BCUT2D eigenvalue weighted by molar-refractivity contribution is 5.92. The minimum absolute atomic E-state index is 0.0328. The van der Waals surface area contributed by atoms with E-state index in [1.54, 1.807) is 4.90 Å². The topological polar surface area (TPSA) is 78.1 Å². The smallest absolute Gasteiger partial charge is 0.274 e. The number of aromatic nitrogens is 2. The van der Waals surface area contributed by atoms with Crippen LogP contribution in [0, 0.1) is 5.92 Å². The van der Waals surface area contributed by atoms with E-state index in [1.165, 1.54) is 0 Å². The lowest BCUT2D eigenvalue weighted by atomic mass is 9.95. The van der Waals surface area contributed by atoms with Crippen molar-refractivity contribution >= 4 is 11.8 Å². The van der Waals surface area contributed by atoms with Crippen LogP contribution in [0.3, 0.4) is 0 Å². The lowest BCUT2D eigenvalue weighted by Gasteiger charge is -2.30. The highest BCUT2D eigenvalue weighted by Crippen LogP contribution is 2.19. The van der Waals surface area contributed by atoms with E-state index in [4.69, 9.17) is 0 Å². The number of aryl methyl sites for hydroxylation is 1. The maximum atomic E-state index is 12.4. The normalized spacial score (nSPS) is 15.8. The summed E-state index contributed by atoms with van der Waals surface area (Å²) >= 11 is 0. The van der Waals surface area contributed by atoms with E-state index < -0.39 is 0 Å². The predicted octanol–water partition coefficient (Wildman–Crippen LogP) is 1.74. The van der Waals surface area contributed by atoms with Gasteiger partial charge in [0.2, 0.25) is 5.91 Å². The Morgan fingerprint density at radius 1 is 1.32 bits per heavy atom. The molecule has 122 valence electrons. The molecule has 2 heterocycles. The summed E-state index contributed by atoms with van der Waals surface area (Å²) in [6, 6.07) is 1.84. The number of nitrogens with zero attached hydrogens (tertiary/aromatic N) is 2. The van der Waals surface area contributed by atoms with E-state index in [0.717, 1.165) is 44.3 Å². The van der Waals surface area contributed by atoms with Gasteiger partial charge in [-0.1, -0.05) is 20.3 Å². The minimum atomic E-state index is -0.0361. The van der Waals surface area contributed by atoms with Crippen molar-refractivity contribution in [3.8, 4) is 0 Å². The van der Waals surface area contributed by atoms with Crippen molar-refractivity contribution in [2.45, 2.75) is 46.0 Å². The van der Waals surface area contributed by atoms with Gasteiger partial charge in [-0.15, -0.1) is 0 Å². The summed E-state index contributed by atoms with van der Waals surface area (Å²) in [6.45, 7) is 6.11. The number of rotatable bonds is 6. The third-order valence-corrected chi connectivity index (χ3v) is 4.07. The number of carbonyl (C=O) groups excluding carboxylic acids is 2. The third kappa shape index (κ3) is 4.08. The summed E-state index contributed by atoms with van der Waals surface area (Å²) in [5, 5.41) is 9.96. The van der Waals surface area contributed by atoms with Gasteiger partial charge in [0.1, 0.15) is 5.69 Å². The Kier molecular flexibility index (Phi) is 5.98. The molecule has 0 unspecified atom stereocenters. The average molecular weight is 306 g/mol. The van der Waals surface area contributed by atoms with Crippen LogP contribution in [-0.4, -0.2) is 46.5 Å². The van der Waals surface area contributed by atoms with Crippen molar-refractivity contribution in [2.24, 2.45) is 5.92 Å². The molecule has 0 aromatic carbocycles. The number of aromatic amines is 1. The molecule has 22 heavy (non-hydrogen) atoms. The molecule has 0 spiro atoms. The van der Waals surface area contributed by atoms with Crippen molar-refractivity contribution in [1.29, 1.82) is 0 Å². The number of nitrogens with one attached hydrogen (secondary N) is 2. The monoisotopic (exact) mass is 306 g/mol. The fourth-order valence-corrected chi connectivity index (χ4v) is 2.77. The molecular weight excluding hydrogens is 280 g/mol. The lowest BCUT2D eigenvalue weighted by Crippen LogP contribution is -2.43. The van der Waals surface area contributed by atoms with Gasteiger partial charge < -0.3 is 10.2 Å². The van der Waals surface area contributed by atoms with E-state index in [1.807, 2.05) is 13.0 Å². The van der Waals surface area contributed by atoms with Crippen LogP contribution in [0.5, 0.6) is 0 Å². The fraction of sp³-hybridized carbons (Fsp3) is 0.688. The second-order valence-corrected chi connectivity index (χ2v) is 5.89. The lowest BCUT2D eigenvalue weighted by molar-refractivity contribution is -0.126. The van der Waals surface area contributed by atoms with Gasteiger partial charge in [0.25, 0.3) is 5.91 Å². The van der Waals surface area contributed by atoms with Crippen LogP contribution < -0.4 is 5.32 Å². The first kappa shape index (κ1) is 16.5. The standard InChI is InChI=1S/C16H26N4O2/c1-3-5-13-11-14(19-18-13)16(22)20-9-6-12(7-10-20)15(21)17-8-4-2/h11-12H,3-10H2,1-2H3,(H,17,21)(H,18,19). The first-order valence-corrected chi connectivity index (χ1v) is 8.27. The first-order chi connectivity index (χ1) is 10.7. The van der Waals surface area contributed by atoms with Gasteiger partial charge >= 0.3 is 0 Å². The van der Waals surface area contributed by atoms with E-state index in [0.29, 0.717) is 18.8 Å². The molecular formula is C16H26N4O2. The molecule has 1 aromatic heterocycles. The Bertz CT molecular complexity index is 504. The van der Waals surface area contributed by atoms with Crippen molar-refractivity contribution in [1.82, 2.24) is 20.4 Å². The van der Waals surface area contributed by atoms with E-state index in [9.17, 15) is 9.59 Å². The summed E-state index contributed by atoms with van der Waals surface area (Å²) in [4.78, 5) is 26.2. The maximum absolute atomic E-state index is 12.4. The molecule has 1 aliphatic heterocycles. The number of likely N-dealkylation sites (tertiary alicyclic amines) is 1. The number of piperidine rings is 1. The summed E-state index contributed by atoms with van der Waals surface area (Å²) in [6.07, 6.45) is 4.33. The molecule has 0 aliphatic carbocycles. The predicted molar refractivity (Wildman–Crippen MR) is 84.5 cm³/mol. The zero-order valence-corrected chi connectivity index (χ0v) is 13.5. The van der Waals surface area contributed by atoms with E-state index >= 15 is 0 Å². The van der Waals surface area contributed by atoms with Crippen LogP contribution in [0.1, 0.15) is 55.7 Å². The third-order valence-electron chi connectivity index (χ3n) is 4.07. The maximum Gasteiger partial charge on any atom is 0.274 e. The Hall–Kier alpha value is -1.85. The number of hydrogen-bond donors (Lipinski definition) is 2. The SMILES string of the molecule is CCCNC(=O)C1CCN(C(=O)c2cc(CCC)[nH]n2)CC1. The first-order valence-electron chi connectivity index (χ1n) is 8.27. The molecule has 1 fully saturated rings. The van der Waals surface area contributed by atoms with Crippen LogP contribution in [0.4, 0.5) is 0 Å². The van der Waals surface area contributed by atoms with Crippen molar-refractivity contribution in [2.75, 3.05) is 19.6 Å². The Labute approximate surface area is 131 Å². The van der Waals surface area contributed by atoms with Gasteiger partial charge in [-0.2, -0.15) is 5.10 Å². The van der Waals surface area contributed by atoms with Gasteiger partial charge in [0.05, 0.1) is 0 Å². The molecule has 0 saturated carbocycles. The van der Waals surface area contributed by atoms with Crippen LogP contribution in [-0.2, 0) is 11.2 Å². The molecule has 1 aliphatic rings. The largest absolute Gasteiger partial charge is 0.356 e. The molecule has 2 amide bonds. The van der Waals surface area contributed by atoms with Gasteiger partial charge in [0, 0.05) is 31.2 Å². The second kappa shape index (κ2) is 7.96. The second-order valence-electron chi connectivity index (χ2n) is 5.89. The van der Waals surface area contributed by atoms with Gasteiger partial charge in [-0.25, -0.2) is 0 Å². The zero-order chi connectivity index (χ0) is 15.9. The summed E-state index contributed by atoms with van der Waals surface area (Å²) in [5.41, 5.74) is 1.48. The highest BCUT2D eigenvalue weighted by atomic mass is 16.2. The highest BCUT2D eigenvalue weighted by Gasteiger charge is 2.28. The number of H-pyrrole nitrogens is 1. The van der Waals surface area contributed by atoms with Gasteiger partial charge in [0.15, 0.2) is 0 Å². The number of amides is 2. The van der Waals surface area contributed by atoms with Crippen LogP contribution >= 0.6 is 0 Å². The number of carbonyl (C=O) groups is 2.